The van der Waals surface area contributed by atoms with Crippen LogP contribution in [0.1, 0.15) is 18.5 Å². The number of carbonyl (C=O) groups is 2. The molecule has 0 fully saturated rings. The quantitative estimate of drug-likeness (QED) is 0.383. The molecule has 0 radical (unpaired) electrons. The van der Waals surface area contributed by atoms with Gasteiger partial charge in [0.05, 0.1) is 51.1 Å². The number of aromatic nitrogens is 2. The number of imidazole rings is 1. The smallest absolute Gasteiger partial charge is 0.321 e. The minimum absolute atomic E-state index is 0.164. The first-order valence-corrected chi connectivity index (χ1v) is 10.7. The molecule has 1 aliphatic heterocycles. The number of rotatable bonds is 8. The van der Waals surface area contributed by atoms with Gasteiger partial charge in [-0.25, -0.2) is 4.98 Å². The van der Waals surface area contributed by atoms with Crippen LogP contribution in [0, 0.1) is 5.92 Å². The van der Waals surface area contributed by atoms with E-state index < -0.39 is 17.9 Å². The van der Waals surface area contributed by atoms with Gasteiger partial charge in [-0.05, 0) is 36.8 Å². The topological polar surface area (TPSA) is 92.1 Å². The number of anilines is 1. The molecule has 1 aliphatic rings. The normalized spacial score (nSPS) is 17.7. The first-order chi connectivity index (χ1) is 16.0. The Morgan fingerprint density at radius 2 is 1.82 bits per heavy atom. The Hall–Kier alpha value is -3.59. The van der Waals surface area contributed by atoms with E-state index in [2.05, 4.69) is 0 Å². The van der Waals surface area contributed by atoms with Crippen LogP contribution in [0.5, 0.6) is 11.5 Å². The maximum Gasteiger partial charge on any atom is 0.321 e. The third-order valence-corrected chi connectivity index (χ3v) is 5.75. The molecule has 9 nitrogen and oxygen atoms in total. The van der Waals surface area contributed by atoms with E-state index in [0.29, 0.717) is 29.6 Å². The Labute approximate surface area is 191 Å². The molecule has 2 aromatic carbocycles. The fraction of sp³-hybridized carbons (Fsp3) is 0.375. The van der Waals surface area contributed by atoms with Gasteiger partial charge in [0.2, 0.25) is 11.9 Å². The summed E-state index contributed by atoms with van der Waals surface area (Å²) in [5.41, 5.74) is 2.23. The van der Waals surface area contributed by atoms with Crippen molar-refractivity contribution in [3.05, 3.63) is 48.0 Å². The summed E-state index contributed by atoms with van der Waals surface area (Å²) in [6, 6.07) is 12.3. The van der Waals surface area contributed by atoms with Gasteiger partial charge in [-0.1, -0.05) is 18.2 Å². The van der Waals surface area contributed by atoms with Gasteiger partial charge in [-0.2, -0.15) is 0 Å². The number of ether oxygens (including phenoxy) is 4. The van der Waals surface area contributed by atoms with E-state index in [-0.39, 0.29) is 19.1 Å². The Kier molecular flexibility index (Phi) is 6.50. The highest BCUT2D eigenvalue weighted by Gasteiger charge is 2.48. The van der Waals surface area contributed by atoms with Gasteiger partial charge < -0.3 is 23.5 Å². The molecule has 0 spiro atoms. The summed E-state index contributed by atoms with van der Waals surface area (Å²) < 4.78 is 23.4. The van der Waals surface area contributed by atoms with Gasteiger partial charge >= 0.3 is 5.97 Å². The zero-order chi connectivity index (χ0) is 23.5. The second-order valence-corrected chi connectivity index (χ2v) is 7.54. The first kappa shape index (κ1) is 22.6. The number of para-hydroxylation sites is 2. The fourth-order valence-corrected chi connectivity index (χ4v) is 4.28. The van der Waals surface area contributed by atoms with Crippen molar-refractivity contribution in [2.75, 3.05) is 46.0 Å². The van der Waals surface area contributed by atoms with Crippen LogP contribution in [0.15, 0.2) is 42.5 Å². The van der Waals surface area contributed by atoms with E-state index in [4.69, 9.17) is 23.9 Å². The SMILES string of the molecule is CCOC(=O)[C@H]1C(=O)N(CCOC)c2nc3ccccc3n2[C@H]1c1ccc(OC)c(OC)c1. The molecule has 0 saturated carbocycles. The van der Waals surface area contributed by atoms with Gasteiger partial charge in [-0.3, -0.25) is 14.5 Å². The number of fused-ring (bicyclic) bond motifs is 3. The Bertz CT molecular complexity index is 1170. The summed E-state index contributed by atoms with van der Waals surface area (Å²) in [6.45, 7) is 2.44. The van der Waals surface area contributed by atoms with E-state index in [1.165, 1.54) is 4.90 Å². The zero-order valence-electron chi connectivity index (χ0n) is 19.1. The molecular weight excluding hydrogens is 426 g/mol. The molecule has 4 rings (SSSR count). The first-order valence-electron chi connectivity index (χ1n) is 10.7. The Balaban J connectivity index is 1.98. The highest BCUT2D eigenvalue weighted by Crippen LogP contribution is 2.43. The van der Waals surface area contributed by atoms with Crippen LogP contribution in [0.4, 0.5) is 5.95 Å². The van der Waals surface area contributed by atoms with Crippen LogP contribution in [-0.2, 0) is 19.1 Å². The standard InChI is InChI=1S/C24H27N3O6/c1-5-33-23(29)20-21(15-10-11-18(31-3)19(14-15)32-4)27-17-9-7-6-8-16(17)25-24(27)26(22(20)28)12-13-30-2/h6-11,14,20-21H,5,12-13H2,1-4H3/t20-,21+/m1/s1. The number of carbonyl (C=O) groups excluding carboxylic acids is 2. The average Bonchev–Trinajstić information content (AvgIpc) is 3.21. The number of hydrogen-bond donors (Lipinski definition) is 0. The summed E-state index contributed by atoms with van der Waals surface area (Å²) in [5.74, 6) is -0.573. The fourth-order valence-electron chi connectivity index (χ4n) is 4.28. The molecule has 0 unspecified atom stereocenters. The molecule has 0 bridgehead atoms. The van der Waals surface area contributed by atoms with Crippen molar-refractivity contribution in [3.8, 4) is 11.5 Å². The van der Waals surface area contributed by atoms with E-state index in [1.54, 1.807) is 40.4 Å². The van der Waals surface area contributed by atoms with Crippen LogP contribution >= 0.6 is 0 Å². The molecule has 33 heavy (non-hydrogen) atoms. The van der Waals surface area contributed by atoms with Gasteiger partial charge in [0.15, 0.2) is 17.4 Å². The lowest BCUT2D eigenvalue weighted by Crippen LogP contribution is -2.51. The van der Waals surface area contributed by atoms with Crippen LogP contribution < -0.4 is 14.4 Å². The van der Waals surface area contributed by atoms with Crippen molar-refractivity contribution in [1.29, 1.82) is 0 Å². The Morgan fingerprint density at radius 1 is 1.06 bits per heavy atom. The molecule has 2 heterocycles. The number of methoxy groups -OCH3 is 3. The second-order valence-electron chi connectivity index (χ2n) is 7.54. The predicted molar refractivity (Wildman–Crippen MR) is 122 cm³/mol. The number of nitrogens with zero attached hydrogens (tertiary/aromatic N) is 3. The van der Waals surface area contributed by atoms with Crippen LogP contribution in [0.2, 0.25) is 0 Å². The highest BCUT2D eigenvalue weighted by atomic mass is 16.5. The van der Waals surface area contributed by atoms with Gasteiger partial charge in [-0.15, -0.1) is 0 Å². The maximum absolute atomic E-state index is 13.7. The molecule has 3 aromatic rings. The van der Waals surface area contributed by atoms with Crippen molar-refractivity contribution in [1.82, 2.24) is 9.55 Å². The van der Waals surface area contributed by atoms with Crippen molar-refractivity contribution < 1.29 is 28.5 Å². The van der Waals surface area contributed by atoms with Crippen LogP contribution in [0.3, 0.4) is 0 Å². The van der Waals surface area contributed by atoms with Crippen molar-refractivity contribution >= 4 is 28.9 Å². The van der Waals surface area contributed by atoms with E-state index in [1.807, 2.05) is 34.9 Å². The Morgan fingerprint density at radius 3 is 2.52 bits per heavy atom. The molecule has 9 heteroatoms. The lowest BCUT2D eigenvalue weighted by molar-refractivity contribution is -0.153. The molecule has 0 saturated heterocycles. The molecule has 174 valence electrons. The van der Waals surface area contributed by atoms with Crippen LogP contribution in [0.25, 0.3) is 11.0 Å². The minimum Gasteiger partial charge on any atom is -0.493 e. The summed E-state index contributed by atoms with van der Waals surface area (Å²) >= 11 is 0. The van der Waals surface area contributed by atoms with Gasteiger partial charge in [0, 0.05) is 7.11 Å². The summed E-state index contributed by atoms with van der Waals surface area (Å²) in [6.07, 6.45) is 0. The van der Waals surface area contributed by atoms with Crippen LogP contribution in [-0.4, -0.2) is 62.5 Å². The van der Waals surface area contributed by atoms with E-state index in [0.717, 1.165) is 11.0 Å². The predicted octanol–water partition coefficient (Wildman–Crippen LogP) is 2.82. The second kappa shape index (κ2) is 9.50. The number of esters is 1. The lowest BCUT2D eigenvalue weighted by atomic mass is 9.89. The van der Waals surface area contributed by atoms with Crippen molar-refractivity contribution in [2.45, 2.75) is 13.0 Å². The zero-order valence-corrected chi connectivity index (χ0v) is 19.1. The molecule has 2 atom stereocenters. The molecular formula is C24H27N3O6. The lowest BCUT2D eigenvalue weighted by Gasteiger charge is -2.38. The molecule has 1 aromatic heterocycles. The monoisotopic (exact) mass is 453 g/mol. The number of hydrogen-bond acceptors (Lipinski definition) is 7. The number of amides is 1. The molecule has 0 aliphatic carbocycles. The number of benzene rings is 2. The van der Waals surface area contributed by atoms with E-state index >= 15 is 0 Å². The van der Waals surface area contributed by atoms with Crippen molar-refractivity contribution in [3.63, 3.8) is 0 Å². The maximum atomic E-state index is 13.7. The van der Waals surface area contributed by atoms with Gasteiger partial charge in [0.1, 0.15) is 0 Å². The average molecular weight is 453 g/mol. The van der Waals surface area contributed by atoms with Gasteiger partial charge in [0.25, 0.3) is 0 Å². The molecule has 1 amide bonds. The summed E-state index contributed by atoms with van der Waals surface area (Å²) in [4.78, 5) is 33.1. The third kappa shape index (κ3) is 3.89. The highest BCUT2D eigenvalue weighted by molar-refractivity contribution is 6.08. The molecule has 0 N–H and O–H groups in total. The third-order valence-electron chi connectivity index (χ3n) is 5.75. The summed E-state index contributed by atoms with van der Waals surface area (Å²) in [7, 11) is 4.66. The largest absolute Gasteiger partial charge is 0.493 e. The minimum atomic E-state index is -1.11. The van der Waals surface area contributed by atoms with E-state index in [9.17, 15) is 9.59 Å². The summed E-state index contributed by atoms with van der Waals surface area (Å²) in [5, 5.41) is 0. The van der Waals surface area contributed by atoms with Crippen molar-refractivity contribution in [2.24, 2.45) is 5.92 Å².